The Balaban J connectivity index is 1.74. The Hall–Kier alpha value is -1.65. The van der Waals surface area contributed by atoms with Crippen molar-refractivity contribution in [3.05, 3.63) is 18.2 Å². The molecule has 0 bridgehead atoms. The highest BCUT2D eigenvalue weighted by atomic mass is 15.3. The number of hydrogen-bond acceptors (Lipinski definition) is 4. The van der Waals surface area contributed by atoms with E-state index in [0.29, 0.717) is 0 Å². The third kappa shape index (κ3) is 2.41. The molecule has 0 amide bonds. The van der Waals surface area contributed by atoms with Crippen molar-refractivity contribution in [3.63, 3.8) is 0 Å². The summed E-state index contributed by atoms with van der Waals surface area (Å²) in [6.07, 6.45) is 9.12. The Morgan fingerprint density at radius 2 is 2.16 bits per heavy atom. The number of aromatic nitrogens is 4. The van der Waals surface area contributed by atoms with Crippen molar-refractivity contribution in [2.75, 3.05) is 11.9 Å². The first kappa shape index (κ1) is 12.4. The Kier molecular flexibility index (Phi) is 3.36. The second kappa shape index (κ2) is 5.15. The molecular weight excluding hydrogens is 238 g/mol. The molecule has 0 radical (unpaired) electrons. The molecule has 0 aliphatic heterocycles. The van der Waals surface area contributed by atoms with Gasteiger partial charge in [-0.2, -0.15) is 0 Å². The van der Waals surface area contributed by atoms with Gasteiger partial charge < -0.3 is 5.32 Å². The summed E-state index contributed by atoms with van der Waals surface area (Å²) >= 11 is 0. The average Bonchev–Trinajstić information content (AvgIpc) is 2.81. The van der Waals surface area contributed by atoms with Crippen LogP contribution in [-0.4, -0.2) is 26.1 Å². The summed E-state index contributed by atoms with van der Waals surface area (Å²) in [5.74, 6) is 3.30. The summed E-state index contributed by atoms with van der Waals surface area (Å²) < 4.78 is 1.97. The van der Waals surface area contributed by atoms with Crippen LogP contribution < -0.4 is 5.32 Å². The SMILES string of the molecule is Cc1nnc2c(NCC3CCCCC3C)nccn12. The first-order chi connectivity index (χ1) is 9.25. The van der Waals surface area contributed by atoms with Crippen molar-refractivity contribution < 1.29 is 0 Å². The summed E-state index contributed by atoms with van der Waals surface area (Å²) in [6.45, 7) is 5.30. The Bertz CT molecular complexity index is 562. The van der Waals surface area contributed by atoms with Crippen molar-refractivity contribution in [1.29, 1.82) is 0 Å². The molecule has 5 heteroatoms. The van der Waals surface area contributed by atoms with Gasteiger partial charge in [0.1, 0.15) is 5.82 Å². The molecule has 2 unspecified atom stereocenters. The van der Waals surface area contributed by atoms with Gasteiger partial charge in [0.15, 0.2) is 5.82 Å². The van der Waals surface area contributed by atoms with E-state index in [1.54, 1.807) is 6.20 Å². The molecular formula is C14H21N5. The summed E-state index contributed by atoms with van der Waals surface area (Å²) in [5, 5.41) is 11.8. The minimum Gasteiger partial charge on any atom is -0.367 e. The molecule has 1 aliphatic rings. The number of nitrogens with one attached hydrogen (secondary N) is 1. The zero-order valence-electron chi connectivity index (χ0n) is 11.6. The van der Waals surface area contributed by atoms with Crippen molar-refractivity contribution in [1.82, 2.24) is 19.6 Å². The molecule has 19 heavy (non-hydrogen) atoms. The van der Waals surface area contributed by atoms with Gasteiger partial charge in [-0.25, -0.2) is 4.98 Å². The van der Waals surface area contributed by atoms with E-state index >= 15 is 0 Å². The fourth-order valence-corrected chi connectivity index (χ4v) is 2.99. The highest BCUT2D eigenvalue weighted by Gasteiger charge is 2.21. The molecule has 0 saturated heterocycles. The lowest BCUT2D eigenvalue weighted by Gasteiger charge is -2.28. The van der Waals surface area contributed by atoms with Gasteiger partial charge in [-0.3, -0.25) is 4.40 Å². The fraction of sp³-hybridized carbons (Fsp3) is 0.643. The molecule has 3 rings (SSSR count). The summed E-state index contributed by atoms with van der Waals surface area (Å²) in [5.41, 5.74) is 0.823. The predicted octanol–water partition coefficient (Wildman–Crippen LogP) is 2.67. The van der Waals surface area contributed by atoms with E-state index in [9.17, 15) is 0 Å². The van der Waals surface area contributed by atoms with Crippen molar-refractivity contribution in [2.45, 2.75) is 39.5 Å². The highest BCUT2D eigenvalue weighted by molar-refractivity contribution is 5.61. The zero-order chi connectivity index (χ0) is 13.2. The molecule has 1 N–H and O–H groups in total. The van der Waals surface area contributed by atoms with E-state index in [1.807, 2.05) is 17.5 Å². The third-order valence-electron chi connectivity index (χ3n) is 4.32. The second-order valence-electron chi connectivity index (χ2n) is 5.62. The van der Waals surface area contributed by atoms with E-state index in [4.69, 9.17) is 0 Å². The Labute approximate surface area is 113 Å². The van der Waals surface area contributed by atoms with Gasteiger partial charge in [0.05, 0.1) is 0 Å². The standard InChI is InChI=1S/C14H21N5/c1-10-5-3-4-6-12(10)9-16-13-14-18-17-11(2)19(14)8-7-15-13/h7-8,10,12H,3-6,9H2,1-2H3,(H,15,16). The summed E-state index contributed by atoms with van der Waals surface area (Å²) in [4.78, 5) is 4.40. The van der Waals surface area contributed by atoms with Gasteiger partial charge >= 0.3 is 0 Å². The summed E-state index contributed by atoms with van der Waals surface area (Å²) in [7, 11) is 0. The minimum absolute atomic E-state index is 0.750. The van der Waals surface area contributed by atoms with E-state index in [-0.39, 0.29) is 0 Å². The number of anilines is 1. The van der Waals surface area contributed by atoms with Crippen LogP contribution in [0.4, 0.5) is 5.82 Å². The molecule has 102 valence electrons. The molecule has 0 aromatic carbocycles. The topological polar surface area (TPSA) is 55.1 Å². The van der Waals surface area contributed by atoms with Gasteiger partial charge in [-0.05, 0) is 25.2 Å². The van der Waals surface area contributed by atoms with Gasteiger partial charge in [0.2, 0.25) is 5.65 Å². The lowest BCUT2D eigenvalue weighted by Crippen LogP contribution is -2.24. The van der Waals surface area contributed by atoms with Gasteiger partial charge in [0, 0.05) is 18.9 Å². The molecule has 2 heterocycles. The van der Waals surface area contributed by atoms with Crippen LogP contribution in [0.1, 0.15) is 38.4 Å². The summed E-state index contributed by atoms with van der Waals surface area (Å²) in [6, 6.07) is 0. The largest absolute Gasteiger partial charge is 0.367 e. The Morgan fingerprint density at radius 3 is 3.00 bits per heavy atom. The Morgan fingerprint density at radius 1 is 1.32 bits per heavy atom. The van der Waals surface area contributed by atoms with Crippen molar-refractivity contribution >= 4 is 11.5 Å². The van der Waals surface area contributed by atoms with E-state index in [0.717, 1.165) is 35.7 Å². The van der Waals surface area contributed by atoms with Crippen LogP contribution >= 0.6 is 0 Å². The lowest BCUT2D eigenvalue weighted by atomic mass is 9.80. The molecule has 5 nitrogen and oxygen atoms in total. The molecule has 2 aromatic rings. The van der Waals surface area contributed by atoms with E-state index < -0.39 is 0 Å². The first-order valence-corrected chi connectivity index (χ1v) is 7.16. The molecule has 0 spiro atoms. The number of rotatable bonds is 3. The fourth-order valence-electron chi connectivity index (χ4n) is 2.99. The maximum Gasteiger partial charge on any atom is 0.203 e. The van der Waals surface area contributed by atoms with E-state index in [1.165, 1.54) is 25.7 Å². The number of hydrogen-bond donors (Lipinski definition) is 1. The zero-order valence-corrected chi connectivity index (χ0v) is 11.6. The van der Waals surface area contributed by atoms with Crippen LogP contribution in [0.25, 0.3) is 5.65 Å². The van der Waals surface area contributed by atoms with Crippen LogP contribution in [-0.2, 0) is 0 Å². The predicted molar refractivity (Wildman–Crippen MR) is 75.1 cm³/mol. The highest BCUT2D eigenvalue weighted by Crippen LogP contribution is 2.29. The van der Waals surface area contributed by atoms with Gasteiger partial charge in [0.25, 0.3) is 0 Å². The van der Waals surface area contributed by atoms with Crippen molar-refractivity contribution in [3.8, 4) is 0 Å². The lowest BCUT2D eigenvalue weighted by molar-refractivity contribution is 0.268. The maximum atomic E-state index is 4.40. The third-order valence-corrected chi connectivity index (χ3v) is 4.32. The van der Waals surface area contributed by atoms with Crippen LogP contribution in [0.5, 0.6) is 0 Å². The average molecular weight is 259 g/mol. The normalized spacial score (nSPS) is 23.7. The van der Waals surface area contributed by atoms with Gasteiger partial charge in [-0.15, -0.1) is 10.2 Å². The monoisotopic (exact) mass is 259 g/mol. The first-order valence-electron chi connectivity index (χ1n) is 7.16. The molecule has 2 atom stereocenters. The smallest absolute Gasteiger partial charge is 0.203 e. The van der Waals surface area contributed by atoms with Gasteiger partial charge in [-0.1, -0.05) is 26.2 Å². The molecule has 2 aromatic heterocycles. The van der Waals surface area contributed by atoms with Crippen LogP contribution in [0, 0.1) is 18.8 Å². The molecule has 1 saturated carbocycles. The van der Waals surface area contributed by atoms with Crippen LogP contribution in [0.3, 0.4) is 0 Å². The number of aryl methyl sites for hydroxylation is 1. The number of fused-ring (bicyclic) bond motifs is 1. The molecule has 1 aliphatic carbocycles. The van der Waals surface area contributed by atoms with Crippen LogP contribution in [0.15, 0.2) is 12.4 Å². The maximum absolute atomic E-state index is 4.40. The second-order valence-corrected chi connectivity index (χ2v) is 5.62. The van der Waals surface area contributed by atoms with Crippen molar-refractivity contribution in [2.24, 2.45) is 11.8 Å². The molecule has 1 fully saturated rings. The van der Waals surface area contributed by atoms with E-state index in [2.05, 4.69) is 27.4 Å². The quantitative estimate of drug-likeness (QED) is 0.920. The van der Waals surface area contributed by atoms with Crippen LogP contribution in [0.2, 0.25) is 0 Å². The minimum atomic E-state index is 0.750. The number of nitrogens with zero attached hydrogens (tertiary/aromatic N) is 4.